The van der Waals surface area contributed by atoms with Gasteiger partial charge in [-0.2, -0.15) is 0 Å². The van der Waals surface area contributed by atoms with E-state index >= 15 is 0 Å². The van der Waals surface area contributed by atoms with E-state index in [0.717, 1.165) is 28.6 Å². The van der Waals surface area contributed by atoms with E-state index in [0.29, 0.717) is 12.4 Å². The van der Waals surface area contributed by atoms with Gasteiger partial charge in [-0.25, -0.2) is 4.98 Å². The minimum atomic E-state index is -0.597. The lowest BCUT2D eigenvalue weighted by Gasteiger charge is -2.17. The Hall–Kier alpha value is -3.15. The summed E-state index contributed by atoms with van der Waals surface area (Å²) in [4.78, 5) is 32.5. The van der Waals surface area contributed by atoms with Crippen molar-refractivity contribution < 1.29 is 9.59 Å². The van der Waals surface area contributed by atoms with Crippen molar-refractivity contribution in [2.24, 2.45) is 0 Å². The number of para-hydroxylation sites is 2. The summed E-state index contributed by atoms with van der Waals surface area (Å²) >= 11 is 0. The first-order chi connectivity index (χ1) is 13.1. The zero-order valence-corrected chi connectivity index (χ0v) is 15.6. The average molecular weight is 364 g/mol. The summed E-state index contributed by atoms with van der Waals surface area (Å²) in [6.45, 7) is 3.95. The van der Waals surface area contributed by atoms with Gasteiger partial charge in [0.05, 0.1) is 17.5 Å². The van der Waals surface area contributed by atoms with E-state index in [9.17, 15) is 9.59 Å². The van der Waals surface area contributed by atoms with Gasteiger partial charge in [0.15, 0.2) is 0 Å². The van der Waals surface area contributed by atoms with Gasteiger partial charge in [-0.1, -0.05) is 49.7 Å². The average Bonchev–Trinajstić information content (AvgIpc) is 3.05. The van der Waals surface area contributed by atoms with Crippen molar-refractivity contribution in [1.29, 1.82) is 0 Å². The maximum atomic E-state index is 12.6. The Kier molecular flexibility index (Phi) is 5.86. The van der Waals surface area contributed by atoms with Gasteiger partial charge in [0.25, 0.3) is 0 Å². The second-order valence-corrected chi connectivity index (χ2v) is 6.60. The molecule has 0 bridgehead atoms. The standard InChI is InChI=1S/C21H24N4O2/c1-3-8-18(22-19(26)13-15-10-5-4-9-14(15)2)20(27)25-21-23-16-11-6-7-12-17(16)24-21/h4-7,9-12,18H,3,8,13H2,1-2H3,(H,22,26)(H2,23,24,25,27). The van der Waals surface area contributed by atoms with Gasteiger partial charge < -0.3 is 10.3 Å². The molecule has 0 spiro atoms. The highest BCUT2D eigenvalue weighted by Crippen LogP contribution is 2.14. The summed E-state index contributed by atoms with van der Waals surface area (Å²) in [5.41, 5.74) is 3.65. The van der Waals surface area contributed by atoms with Crippen LogP contribution in [0.3, 0.4) is 0 Å². The molecule has 0 aliphatic carbocycles. The van der Waals surface area contributed by atoms with E-state index in [1.807, 2.05) is 62.4 Å². The number of anilines is 1. The third-order valence-electron chi connectivity index (χ3n) is 4.47. The third-order valence-corrected chi connectivity index (χ3v) is 4.47. The number of hydrogen-bond donors (Lipinski definition) is 3. The van der Waals surface area contributed by atoms with E-state index in [-0.39, 0.29) is 18.2 Å². The van der Waals surface area contributed by atoms with Crippen LogP contribution in [0.15, 0.2) is 48.5 Å². The maximum absolute atomic E-state index is 12.6. The summed E-state index contributed by atoms with van der Waals surface area (Å²) in [6, 6.07) is 14.7. The largest absolute Gasteiger partial charge is 0.344 e. The number of aromatic nitrogens is 2. The number of imidazole rings is 1. The molecule has 2 amide bonds. The molecule has 27 heavy (non-hydrogen) atoms. The Balaban J connectivity index is 1.65. The van der Waals surface area contributed by atoms with Crippen molar-refractivity contribution >= 4 is 28.8 Å². The number of nitrogens with one attached hydrogen (secondary N) is 3. The molecule has 1 aromatic heterocycles. The molecule has 1 heterocycles. The molecule has 2 aromatic carbocycles. The monoisotopic (exact) mass is 364 g/mol. The van der Waals surface area contributed by atoms with E-state index in [2.05, 4.69) is 20.6 Å². The molecule has 0 fully saturated rings. The van der Waals surface area contributed by atoms with E-state index in [4.69, 9.17) is 0 Å². The number of carbonyl (C=O) groups excluding carboxylic acids is 2. The van der Waals surface area contributed by atoms with Crippen LogP contribution in [-0.2, 0) is 16.0 Å². The quantitative estimate of drug-likeness (QED) is 0.601. The number of amides is 2. The second-order valence-electron chi connectivity index (χ2n) is 6.60. The molecule has 3 rings (SSSR count). The topological polar surface area (TPSA) is 86.9 Å². The predicted molar refractivity (Wildman–Crippen MR) is 106 cm³/mol. The molecular formula is C21H24N4O2. The molecule has 3 aromatic rings. The molecule has 0 aliphatic rings. The number of aromatic amines is 1. The second kappa shape index (κ2) is 8.49. The Morgan fingerprint density at radius 1 is 1.11 bits per heavy atom. The van der Waals surface area contributed by atoms with E-state index in [1.165, 1.54) is 0 Å². The Morgan fingerprint density at radius 3 is 2.59 bits per heavy atom. The van der Waals surface area contributed by atoms with Crippen molar-refractivity contribution in [2.75, 3.05) is 5.32 Å². The van der Waals surface area contributed by atoms with E-state index in [1.54, 1.807) is 0 Å². The number of hydrogen-bond acceptors (Lipinski definition) is 3. The van der Waals surface area contributed by atoms with Crippen LogP contribution in [0.25, 0.3) is 11.0 Å². The predicted octanol–water partition coefficient (Wildman–Crippen LogP) is 3.34. The Bertz CT molecular complexity index is 915. The highest BCUT2D eigenvalue weighted by atomic mass is 16.2. The molecule has 3 N–H and O–H groups in total. The lowest BCUT2D eigenvalue weighted by Crippen LogP contribution is -2.44. The van der Waals surface area contributed by atoms with Crippen molar-refractivity contribution in [1.82, 2.24) is 15.3 Å². The minimum absolute atomic E-state index is 0.164. The van der Waals surface area contributed by atoms with Crippen molar-refractivity contribution in [3.05, 3.63) is 59.7 Å². The fraction of sp³-hybridized carbons (Fsp3) is 0.286. The summed E-state index contributed by atoms with van der Waals surface area (Å²) in [5.74, 6) is -0.0491. The SMILES string of the molecule is CCCC(NC(=O)Cc1ccccc1C)C(=O)Nc1nc2ccccc2[nH]1. The zero-order chi connectivity index (χ0) is 19.2. The maximum Gasteiger partial charge on any atom is 0.249 e. The number of fused-ring (bicyclic) bond motifs is 1. The lowest BCUT2D eigenvalue weighted by molar-refractivity contribution is -0.126. The van der Waals surface area contributed by atoms with Crippen LogP contribution in [0.5, 0.6) is 0 Å². The smallest absolute Gasteiger partial charge is 0.249 e. The lowest BCUT2D eigenvalue weighted by atomic mass is 10.0. The molecule has 0 saturated carbocycles. The van der Waals surface area contributed by atoms with Gasteiger partial charge in [-0.3, -0.25) is 14.9 Å². The highest BCUT2D eigenvalue weighted by molar-refractivity contribution is 5.97. The highest BCUT2D eigenvalue weighted by Gasteiger charge is 2.21. The van der Waals surface area contributed by atoms with Crippen LogP contribution in [0.4, 0.5) is 5.95 Å². The fourth-order valence-corrected chi connectivity index (χ4v) is 3.00. The number of benzene rings is 2. The molecule has 1 unspecified atom stereocenters. The van der Waals surface area contributed by atoms with Crippen LogP contribution in [0.1, 0.15) is 30.9 Å². The van der Waals surface area contributed by atoms with Crippen LogP contribution >= 0.6 is 0 Å². The zero-order valence-electron chi connectivity index (χ0n) is 15.6. The minimum Gasteiger partial charge on any atom is -0.344 e. The van der Waals surface area contributed by atoms with Crippen molar-refractivity contribution in [2.45, 2.75) is 39.2 Å². The molecule has 0 saturated heterocycles. The summed E-state index contributed by atoms with van der Waals surface area (Å²) in [5, 5.41) is 5.63. The van der Waals surface area contributed by atoms with Crippen molar-refractivity contribution in [3.8, 4) is 0 Å². The first-order valence-electron chi connectivity index (χ1n) is 9.16. The first kappa shape index (κ1) is 18.6. The van der Waals surface area contributed by atoms with Crippen LogP contribution < -0.4 is 10.6 Å². The van der Waals surface area contributed by atoms with Gasteiger partial charge in [-0.05, 0) is 36.6 Å². The number of carbonyl (C=O) groups is 2. The van der Waals surface area contributed by atoms with Gasteiger partial charge in [0, 0.05) is 0 Å². The number of H-pyrrole nitrogens is 1. The number of rotatable bonds is 7. The van der Waals surface area contributed by atoms with Gasteiger partial charge in [0.1, 0.15) is 6.04 Å². The summed E-state index contributed by atoms with van der Waals surface area (Å²) < 4.78 is 0. The van der Waals surface area contributed by atoms with Crippen LogP contribution in [-0.4, -0.2) is 27.8 Å². The van der Waals surface area contributed by atoms with Gasteiger partial charge in [0.2, 0.25) is 17.8 Å². The third kappa shape index (κ3) is 4.73. The Morgan fingerprint density at radius 2 is 1.85 bits per heavy atom. The molecule has 6 nitrogen and oxygen atoms in total. The number of nitrogens with zero attached hydrogens (tertiary/aromatic N) is 1. The first-order valence-corrected chi connectivity index (χ1v) is 9.16. The Labute approximate surface area is 158 Å². The molecule has 140 valence electrons. The molecular weight excluding hydrogens is 340 g/mol. The van der Waals surface area contributed by atoms with Gasteiger partial charge >= 0.3 is 0 Å². The normalized spacial score (nSPS) is 11.9. The molecule has 6 heteroatoms. The van der Waals surface area contributed by atoms with Crippen molar-refractivity contribution in [3.63, 3.8) is 0 Å². The molecule has 0 aliphatic heterocycles. The van der Waals surface area contributed by atoms with Crippen LogP contribution in [0.2, 0.25) is 0 Å². The summed E-state index contributed by atoms with van der Waals surface area (Å²) in [6.07, 6.45) is 1.60. The van der Waals surface area contributed by atoms with E-state index < -0.39 is 6.04 Å². The summed E-state index contributed by atoms with van der Waals surface area (Å²) in [7, 11) is 0. The van der Waals surface area contributed by atoms with Gasteiger partial charge in [-0.15, -0.1) is 0 Å². The fourth-order valence-electron chi connectivity index (χ4n) is 3.00. The number of aryl methyl sites for hydroxylation is 1. The van der Waals surface area contributed by atoms with Crippen LogP contribution in [0, 0.1) is 6.92 Å². The molecule has 0 radical (unpaired) electrons. The molecule has 1 atom stereocenters.